The van der Waals surface area contributed by atoms with Gasteiger partial charge in [-0.1, -0.05) is 13.8 Å². The molecule has 2 heterocycles. The van der Waals surface area contributed by atoms with Crippen LogP contribution in [0.4, 0.5) is 8.78 Å². The maximum Gasteiger partial charge on any atom is 0.319 e. The molecule has 0 fully saturated rings. The van der Waals surface area contributed by atoms with Crippen molar-refractivity contribution in [2.24, 2.45) is 0 Å². The maximum absolute atomic E-state index is 12.7. The van der Waals surface area contributed by atoms with Gasteiger partial charge in [0.15, 0.2) is 0 Å². The molecule has 24 heavy (non-hydrogen) atoms. The number of alkyl halides is 2. The van der Waals surface area contributed by atoms with Gasteiger partial charge in [-0.15, -0.1) is 0 Å². The second-order valence-corrected chi connectivity index (χ2v) is 5.44. The van der Waals surface area contributed by atoms with Crippen molar-refractivity contribution in [3.05, 3.63) is 42.0 Å². The van der Waals surface area contributed by atoms with E-state index in [4.69, 9.17) is 0 Å². The topological polar surface area (TPSA) is 84.7 Å². The van der Waals surface area contributed by atoms with Gasteiger partial charge in [0.1, 0.15) is 12.2 Å². The molecule has 0 aromatic carbocycles. The van der Waals surface area contributed by atoms with Crippen molar-refractivity contribution in [1.82, 2.24) is 30.2 Å². The summed E-state index contributed by atoms with van der Waals surface area (Å²) in [6.45, 7) is 2.25. The predicted octanol–water partition coefficient (Wildman–Crippen LogP) is 1.71. The average molecular weight is 338 g/mol. The molecule has 0 radical (unpaired) electrons. The van der Waals surface area contributed by atoms with Crippen molar-refractivity contribution in [2.75, 3.05) is 13.1 Å². The summed E-state index contributed by atoms with van der Waals surface area (Å²) in [5, 5.41) is 5.72. The van der Waals surface area contributed by atoms with Crippen LogP contribution in [0.25, 0.3) is 0 Å². The second kappa shape index (κ2) is 8.44. The number of hydrogen-bond acceptors (Lipinski definition) is 5. The fourth-order valence-corrected chi connectivity index (χ4v) is 2.19. The van der Waals surface area contributed by atoms with E-state index in [9.17, 15) is 13.6 Å². The lowest BCUT2D eigenvalue weighted by molar-refractivity contribution is 0.0666. The number of carbonyl (C=O) groups excluding carboxylic acids is 1. The van der Waals surface area contributed by atoms with Gasteiger partial charge in [0.25, 0.3) is 5.91 Å². The summed E-state index contributed by atoms with van der Waals surface area (Å²) in [6, 6.07) is 0. The molecule has 0 atom stereocenters. The smallest absolute Gasteiger partial charge is 0.319 e. The molecule has 2 aromatic heterocycles. The number of hydrogen-bond donors (Lipinski definition) is 2. The maximum atomic E-state index is 12.7. The van der Waals surface area contributed by atoms with Crippen LogP contribution in [0.2, 0.25) is 0 Å². The van der Waals surface area contributed by atoms with Crippen molar-refractivity contribution < 1.29 is 13.6 Å². The highest BCUT2D eigenvalue weighted by Crippen LogP contribution is 2.15. The monoisotopic (exact) mass is 338 g/mol. The summed E-state index contributed by atoms with van der Waals surface area (Å²) in [6.07, 6.45) is 5.46. The zero-order chi connectivity index (χ0) is 17.5. The van der Waals surface area contributed by atoms with Gasteiger partial charge in [-0.25, -0.2) is 15.0 Å². The standard InChI is InChI=1S/C15H20F2N6O/c1-10(2)13-11(7-19-9-22-13)14(24)21-4-3-18-8-12-20-5-6-23(12)15(16)17/h5-7,9-10,15,18H,3-4,8H2,1-2H3,(H,21,24). The molecule has 0 bridgehead atoms. The zero-order valence-corrected chi connectivity index (χ0v) is 13.5. The highest BCUT2D eigenvalue weighted by molar-refractivity contribution is 5.95. The fraction of sp³-hybridized carbons (Fsp3) is 0.467. The van der Waals surface area contributed by atoms with Gasteiger partial charge in [-0.3, -0.25) is 9.36 Å². The molecule has 0 aliphatic carbocycles. The lowest BCUT2D eigenvalue weighted by Gasteiger charge is -2.11. The van der Waals surface area contributed by atoms with Crippen LogP contribution in [-0.4, -0.2) is 38.5 Å². The van der Waals surface area contributed by atoms with Crippen molar-refractivity contribution in [3.8, 4) is 0 Å². The quantitative estimate of drug-likeness (QED) is 0.716. The normalized spacial score (nSPS) is 11.2. The largest absolute Gasteiger partial charge is 0.351 e. The molecule has 7 nitrogen and oxygen atoms in total. The van der Waals surface area contributed by atoms with E-state index in [0.717, 1.165) is 4.57 Å². The van der Waals surface area contributed by atoms with Crippen LogP contribution in [0.15, 0.2) is 24.9 Å². The van der Waals surface area contributed by atoms with Crippen molar-refractivity contribution in [1.29, 1.82) is 0 Å². The van der Waals surface area contributed by atoms with Gasteiger partial charge in [0.2, 0.25) is 0 Å². The van der Waals surface area contributed by atoms with Gasteiger partial charge < -0.3 is 10.6 Å². The first kappa shape index (κ1) is 17.9. The fourth-order valence-electron chi connectivity index (χ4n) is 2.19. The number of nitrogens with zero attached hydrogens (tertiary/aromatic N) is 4. The molecule has 2 N–H and O–H groups in total. The number of halogens is 2. The molecule has 1 amide bonds. The third-order valence-electron chi connectivity index (χ3n) is 3.36. The van der Waals surface area contributed by atoms with Gasteiger partial charge in [-0.2, -0.15) is 8.78 Å². The highest BCUT2D eigenvalue weighted by Gasteiger charge is 2.15. The van der Waals surface area contributed by atoms with Crippen molar-refractivity contribution in [3.63, 3.8) is 0 Å². The lowest BCUT2D eigenvalue weighted by atomic mass is 10.0. The molecule has 0 saturated carbocycles. The number of aromatic nitrogens is 4. The molecule has 0 aliphatic heterocycles. The van der Waals surface area contributed by atoms with Gasteiger partial charge in [0.05, 0.1) is 17.8 Å². The molecule has 0 unspecified atom stereocenters. The van der Waals surface area contributed by atoms with Gasteiger partial charge in [0, 0.05) is 31.7 Å². The van der Waals surface area contributed by atoms with Crippen LogP contribution in [0, 0.1) is 0 Å². The predicted molar refractivity (Wildman–Crippen MR) is 83.6 cm³/mol. The average Bonchev–Trinajstić information content (AvgIpc) is 3.03. The molecule has 0 saturated heterocycles. The minimum absolute atomic E-state index is 0.111. The van der Waals surface area contributed by atoms with Crippen LogP contribution in [0.5, 0.6) is 0 Å². The van der Waals surface area contributed by atoms with Crippen LogP contribution >= 0.6 is 0 Å². The zero-order valence-electron chi connectivity index (χ0n) is 13.5. The number of nitrogens with one attached hydrogen (secondary N) is 2. The molecule has 9 heteroatoms. The van der Waals surface area contributed by atoms with E-state index < -0.39 is 6.55 Å². The van der Waals surface area contributed by atoms with Crippen LogP contribution in [0.3, 0.4) is 0 Å². The summed E-state index contributed by atoms with van der Waals surface area (Å²) in [4.78, 5) is 24.1. The lowest BCUT2D eigenvalue weighted by Crippen LogP contribution is -2.33. The Hall–Kier alpha value is -2.42. The summed E-state index contributed by atoms with van der Waals surface area (Å²) in [5.41, 5.74) is 1.13. The van der Waals surface area contributed by atoms with Gasteiger partial charge >= 0.3 is 6.55 Å². The first-order chi connectivity index (χ1) is 11.5. The number of amides is 1. The van der Waals surface area contributed by atoms with E-state index >= 15 is 0 Å². The molecule has 130 valence electrons. The Morgan fingerprint density at radius 2 is 2.08 bits per heavy atom. The van der Waals surface area contributed by atoms with E-state index in [1.165, 1.54) is 24.9 Å². The first-order valence-corrected chi connectivity index (χ1v) is 7.59. The Kier molecular flexibility index (Phi) is 6.30. The third-order valence-corrected chi connectivity index (χ3v) is 3.36. The summed E-state index contributed by atoms with van der Waals surface area (Å²) >= 11 is 0. The van der Waals surface area contributed by atoms with E-state index in [2.05, 4.69) is 25.6 Å². The molecular formula is C15H20F2N6O. The molecule has 2 rings (SSSR count). The molecular weight excluding hydrogens is 318 g/mol. The van der Waals surface area contributed by atoms with E-state index in [1.807, 2.05) is 13.8 Å². The molecule has 0 spiro atoms. The SMILES string of the molecule is CC(C)c1ncncc1C(=O)NCCNCc1nccn1C(F)F. The van der Waals surface area contributed by atoms with Crippen molar-refractivity contribution >= 4 is 5.91 Å². The third kappa shape index (κ3) is 4.54. The molecule has 0 aliphatic rings. The Morgan fingerprint density at radius 3 is 2.79 bits per heavy atom. The van der Waals surface area contributed by atoms with E-state index in [1.54, 1.807) is 0 Å². The van der Waals surface area contributed by atoms with Crippen LogP contribution in [0.1, 0.15) is 48.2 Å². The van der Waals surface area contributed by atoms with E-state index in [0.29, 0.717) is 24.3 Å². The minimum Gasteiger partial charge on any atom is -0.351 e. The van der Waals surface area contributed by atoms with Gasteiger partial charge in [-0.05, 0) is 5.92 Å². The summed E-state index contributed by atoms with van der Waals surface area (Å²) < 4.78 is 26.1. The Labute approximate surface area is 138 Å². The Balaban J connectivity index is 1.78. The van der Waals surface area contributed by atoms with E-state index in [-0.39, 0.29) is 24.2 Å². The van der Waals surface area contributed by atoms with Crippen molar-refractivity contribution in [2.45, 2.75) is 32.9 Å². The number of carbonyl (C=O) groups is 1. The molecule has 2 aromatic rings. The highest BCUT2D eigenvalue weighted by atomic mass is 19.3. The van der Waals surface area contributed by atoms with Crippen LogP contribution < -0.4 is 10.6 Å². The number of imidazole rings is 1. The Morgan fingerprint density at radius 1 is 1.29 bits per heavy atom. The summed E-state index contributed by atoms with van der Waals surface area (Å²) in [5.74, 6) is 0.102. The number of rotatable bonds is 8. The minimum atomic E-state index is -2.61. The van der Waals surface area contributed by atoms with Crippen LogP contribution in [-0.2, 0) is 6.54 Å². The summed E-state index contributed by atoms with van der Waals surface area (Å²) in [7, 11) is 0. The second-order valence-electron chi connectivity index (χ2n) is 5.44. The first-order valence-electron chi connectivity index (χ1n) is 7.59. The Bertz CT molecular complexity index is 673.